The fourth-order valence-electron chi connectivity index (χ4n) is 2.27. The van der Waals surface area contributed by atoms with E-state index in [2.05, 4.69) is 10.3 Å². The average molecular weight is 344 g/mol. The third kappa shape index (κ3) is 3.72. The van der Waals surface area contributed by atoms with Crippen molar-refractivity contribution in [2.24, 2.45) is 0 Å². The van der Waals surface area contributed by atoms with Crippen molar-refractivity contribution < 1.29 is 14.7 Å². The van der Waals surface area contributed by atoms with Gasteiger partial charge in [-0.3, -0.25) is 9.59 Å². The molecular formula is C17H14ClN3O3. The summed E-state index contributed by atoms with van der Waals surface area (Å²) in [4.78, 5) is 26.7. The van der Waals surface area contributed by atoms with Crippen LogP contribution in [0.2, 0.25) is 5.02 Å². The van der Waals surface area contributed by atoms with Gasteiger partial charge in [-0.25, -0.2) is 4.98 Å². The standard InChI is InChI=1S/C17H14ClN3O3/c18-12-3-1-11(2-4-12)14-10-21-9-13(5-6-15(21)20-14)19-16(22)7-8-17(23)24/h1-6,9-10H,7-8H2,(H,19,22)(H,23,24). The van der Waals surface area contributed by atoms with E-state index in [1.54, 1.807) is 34.9 Å². The lowest BCUT2D eigenvalue weighted by molar-refractivity contribution is -0.138. The number of nitrogens with zero attached hydrogens (tertiary/aromatic N) is 2. The van der Waals surface area contributed by atoms with Gasteiger partial charge < -0.3 is 14.8 Å². The number of carboxylic acids is 1. The van der Waals surface area contributed by atoms with Gasteiger partial charge in [0.05, 0.1) is 17.8 Å². The Kier molecular flexibility index (Phi) is 4.48. The number of halogens is 1. The summed E-state index contributed by atoms with van der Waals surface area (Å²) in [6.07, 6.45) is 3.33. The second-order valence-corrected chi connectivity index (χ2v) is 5.69. The van der Waals surface area contributed by atoms with Crippen molar-refractivity contribution in [3.8, 4) is 11.3 Å². The third-order valence-electron chi connectivity index (χ3n) is 3.44. The van der Waals surface area contributed by atoms with Crippen molar-refractivity contribution in [1.82, 2.24) is 9.38 Å². The highest BCUT2D eigenvalue weighted by molar-refractivity contribution is 6.30. The number of carbonyl (C=O) groups is 2. The normalized spacial score (nSPS) is 10.7. The molecular weight excluding hydrogens is 330 g/mol. The molecule has 3 aromatic rings. The van der Waals surface area contributed by atoms with Crippen LogP contribution in [0.1, 0.15) is 12.8 Å². The molecule has 0 fully saturated rings. The molecule has 122 valence electrons. The maximum atomic E-state index is 11.7. The van der Waals surface area contributed by atoms with Gasteiger partial charge in [0.1, 0.15) is 5.65 Å². The number of hydrogen-bond acceptors (Lipinski definition) is 3. The minimum absolute atomic E-state index is 0.0622. The zero-order valence-electron chi connectivity index (χ0n) is 12.6. The summed E-state index contributed by atoms with van der Waals surface area (Å²) in [5.74, 6) is -1.34. The van der Waals surface area contributed by atoms with Crippen LogP contribution >= 0.6 is 11.6 Å². The number of pyridine rings is 1. The summed E-state index contributed by atoms with van der Waals surface area (Å²) in [6.45, 7) is 0. The van der Waals surface area contributed by atoms with E-state index in [0.717, 1.165) is 16.9 Å². The second kappa shape index (κ2) is 6.72. The first-order valence-electron chi connectivity index (χ1n) is 7.27. The maximum Gasteiger partial charge on any atom is 0.303 e. The number of carbonyl (C=O) groups excluding carboxylic acids is 1. The van der Waals surface area contributed by atoms with Crippen LogP contribution in [0.4, 0.5) is 5.69 Å². The molecule has 0 aliphatic carbocycles. The molecule has 0 bridgehead atoms. The van der Waals surface area contributed by atoms with E-state index in [-0.39, 0.29) is 18.7 Å². The van der Waals surface area contributed by atoms with E-state index in [4.69, 9.17) is 16.7 Å². The molecule has 2 heterocycles. The first-order chi connectivity index (χ1) is 11.5. The molecule has 24 heavy (non-hydrogen) atoms. The number of hydrogen-bond donors (Lipinski definition) is 2. The Hall–Kier alpha value is -2.86. The van der Waals surface area contributed by atoms with Crippen LogP contribution in [0, 0.1) is 0 Å². The molecule has 2 N–H and O–H groups in total. The molecule has 0 spiro atoms. The lowest BCUT2D eigenvalue weighted by Gasteiger charge is -2.04. The minimum atomic E-state index is -0.997. The van der Waals surface area contributed by atoms with Crippen LogP contribution < -0.4 is 5.32 Å². The third-order valence-corrected chi connectivity index (χ3v) is 3.69. The highest BCUT2D eigenvalue weighted by atomic mass is 35.5. The largest absolute Gasteiger partial charge is 0.481 e. The number of imidazole rings is 1. The molecule has 0 unspecified atom stereocenters. The first kappa shape index (κ1) is 16.0. The molecule has 0 saturated carbocycles. The van der Waals surface area contributed by atoms with E-state index in [1.165, 1.54) is 0 Å². The summed E-state index contributed by atoms with van der Waals surface area (Å²) in [7, 11) is 0. The van der Waals surface area contributed by atoms with Gasteiger partial charge >= 0.3 is 5.97 Å². The molecule has 0 radical (unpaired) electrons. The molecule has 0 saturated heterocycles. The van der Waals surface area contributed by atoms with Gasteiger partial charge in [-0.1, -0.05) is 23.7 Å². The number of anilines is 1. The Labute approximate surface area is 142 Å². The number of carboxylic acid groups (broad SMARTS) is 1. The molecule has 1 amide bonds. The van der Waals surface area contributed by atoms with Crippen molar-refractivity contribution in [2.45, 2.75) is 12.8 Å². The Morgan fingerprint density at radius 2 is 1.83 bits per heavy atom. The number of benzene rings is 1. The Balaban J connectivity index is 1.80. The van der Waals surface area contributed by atoms with Crippen molar-refractivity contribution in [2.75, 3.05) is 5.32 Å². The number of fused-ring (bicyclic) bond motifs is 1. The van der Waals surface area contributed by atoms with Crippen molar-refractivity contribution >= 4 is 34.8 Å². The number of aromatic nitrogens is 2. The van der Waals surface area contributed by atoms with Crippen molar-refractivity contribution in [3.63, 3.8) is 0 Å². The SMILES string of the molecule is O=C(O)CCC(=O)Nc1ccc2nc(-c3ccc(Cl)cc3)cn2c1. The van der Waals surface area contributed by atoms with Crippen LogP contribution in [0.5, 0.6) is 0 Å². The Morgan fingerprint density at radius 3 is 2.54 bits per heavy atom. The van der Waals surface area contributed by atoms with E-state index >= 15 is 0 Å². The zero-order chi connectivity index (χ0) is 17.1. The molecule has 0 aliphatic rings. The quantitative estimate of drug-likeness (QED) is 0.743. The number of amides is 1. The molecule has 1 aromatic carbocycles. The Morgan fingerprint density at radius 1 is 1.08 bits per heavy atom. The summed E-state index contributed by atoms with van der Waals surface area (Å²) in [6, 6.07) is 10.9. The van der Waals surface area contributed by atoms with Gasteiger partial charge in [0.25, 0.3) is 0 Å². The van der Waals surface area contributed by atoms with Crippen molar-refractivity contribution in [1.29, 1.82) is 0 Å². The van der Waals surface area contributed by atoms with E-state index < -0.39 is 5.97 Å². The summed E-state index contributed by atoms with van der Waals surface area (Å²) < 4.78 is 1.80. The zero-order valence-corrected chi connectivity index (χ0v) is 13.3. The fraction of sp³-hybridized carbons (Fsp3) is 0.118. The van der Waals surface area contributed by atoms with Crippen LogP contribution in [0.25, 0.3) is 16.9 Å². The molecule has 2 aromatic heterocycles. The molecule has 7 heteroatoms. The Bertz CT molecular complexity index is 903. The number of aliphatic carboxylic acids is 1. The topological polar surface area (TPSA) is 83.7 Å². The lowest BCUT2D eigenvalue weighted by atomic mass is 10.2. The molecule has 0 atom stereocenters. The highest BCUT2D eigenvalue weighted by Crippen LogP contribution is 2.22. The summed E-state index contributed by atoms with van der Waals surface area (Å²) in [5, 5.41) is 11.9. The van der Waals surface area contributed by atoms with Gasteiger partial charge in [-0.2, -0.15) is 0 Å². The van der Waals surface area contributed by atoms with Crippen LogP contribution in [-0.2, 0) is 9.59 Å². The van der Waals surface area contributed by atoms with Gasteiger partial charge in [-0.15, -0.1) is 0 Å². The number of rotatable bonds is 5. The lowest BCUT2D eigenvalue weighted by Crippen LogP contribution is -2.13. The average Bonchev–Trinajstić information content (AvgIpc) is 2.97. The summed E-state index contributed by atoms with van der Waals surface area (Å²) in [5.41, 5.74) is 3.05. The van der Waals surface area contributed by atoms with Crippen LogP contribution in [-0.4, -0.2) is 26.4 Å². The minimum Gasteiger partial charge on any atom is -0.481 e. The van der Waals surface area contributed by atoms with Crippen LogP contribution in [0.3, 0.4) is 0 Å². The first-order valence-corrected chi connectivity index (χ1v) is 7.65. The molecule has 6 nitrogen and oxygen atoms in total. The van der Waals surface area contributed by atoms with Crippen molar-refractivity contribution in [3.05, 3.63) is 53.8 Å². The maximum absolute atomic E-state index is 11.7. The summed E-state index contributed by atoms with van der Waals surface area (Å²) >= 11 is 5.89. The van der Waals surface area contributed by atoms with Crippen LogP contribution in [0.15, 0.2) is 48.8 Å². The van der Waals surface area contributed by atoms with Gasteiger partial charge in [0.2, 0.25) is 5.91 Å². The number of nitrogens with one attached hydrogen (secondary N) is 1. The predicted molar refractivity (Wildman–Crippen MR) is 91.1 cm³/mol. The fourth-order valence-corrected chi connectivity index (χ4v) is 2.40. The second-order valence-electron chi connectivity index (χ2n) is 5.26. The van der Waals surface area contributed by atoms with E-state index in [9.17, 15) is 9.59 Å². The monoisotopic (exact) mass is 343 g/mol. The van der Waals surface area contributed by atoms with Gasteiger partial charge in [0, 0.05) is 29.4 Å². The van der Waals surface area contributed by atoms with Gasteiger partial charge in [0.15, 0.2) is 0 Å². The van der Waals surface area contributed by atoms with E-state index in [1.807, 2.05) is 18.3 Å². The predicted octanol–water partition coefficient (Wildman–Crippen LogP) is 3.46. The molecule has 0 aliphatic heterocycles. The highest BCUT2D eigenvalue weighted by Gasteiger charge is 2.08. The molecule has 3 rings (SSSR count). The van der Waals surface area contributed by atoms with Gasteiger partial charge in [-0.05, 0) is 24.3 Å². The van der Waals surface area contributed by atoms with E-state index in [0.29, 0.717) is 10.7 Å². The smallest absolute Gasteiger partial charge is 0.303 e.